The van der Waals surface area contributed by atoms with Gasteiger partial charge in [-0.3, -0.25) is 9.89 Å². The van der Waals surface area contributed by atoms with Gasteiger partial charge in [-0.2, -0.15) is 26.0 Å². The molecule has 138 valence electrons. The van der Waals surface area contributed by atoms with Crippen molar-refractivity contribution in [2.75, 3.05) is 0 Å². The zero-order valence-corrected chi connectivity index (χ0v) is 15.9. The lowest BCUT2D eigenvalue weighted by Gasteiger charge is -2.05. The highest BCUT2D eigenvalue weighted by Crippen LogP contribution is 2.20. The predicted molar refractivity (Wildman–Crippen MR) is 102 cm³/mol. The number of nitrogens with one attached hydrogen (secondary N) is 2. The predicted octanol–water partition coefficient (Wildman–Crippen LogP) is 2.44. The molecule has 0 aliphatic carbocycles. The smallest absolute Gasteiger partial charge is 0.220 e. The van der Waals surface area contributed by atoms with Crippen molar-refractivity contribution >= 4 is 22.9 Å². The van der Waals surface area contributed by atoms with E-state index in [4.69, 9.17) is 0 Å². The molecule has 2 N–H and O–H groups in total. The van der Waals surface area contributed by atoms with E-state index in [1.165, 1.54) is 0 Å². The number of hydrogen-bond donors (Lipinski definition) is 2. The van der Waals surface area contributed by atoms with Gasteiger partial charge in [0.25, 0.3) is 0 Å². The first-order chi connectivity index (χ1) is 13.1. The fourth-order valence-corrected chi connectivity index (χ4v) is 3.60. The maximum Gasteiger partial charge on any atom is 0.220 e. The number of fused-ring (bicyclic) bond motifs is 1. The van der Waals surface area contributed by atoms with E-state index < -0.39 is 0 Å². The summed E-state index contributed by atoms with van der Waals surface area (Å²) in [5.74, 6) is 0.562. The Labute approximate surface area is 159 Å². The second kappa shape index (κ2) is 7.28. The van der Waals surface area contributed by atoms with Crippen molar-refractivity contribution in [2.45, 2.75) is 33.2 Å². The molecule has 8 nitrogen and oxygen atoms in total. The summed E-state index contributed by atoms with van der Waals surface area (Å²) in [4.78, 5) is 12.2. The van der Waals surface area contributed by atoms with Crippen LogP contribution in [0.2, 0.25) is 0 Å². The number of nitrogens with zero attached hydrogens (tertiary/aromatic N) is 5. The molecule has 0 aromatic carbocycles. The van der Waals surface area contributed by atoms with Gasteiger partial charge in [-0.1, -0.05) is 0 Å². The summed E-state index contributed by atoms with van der Waals surface area (Å²) in [6, 6.07) is 5.82. The van der Waals surface area contributed by atoms with Crippen LogP contribution < -0.4 is 5.32 Å². The van der Waals surface area contributed by atoms with Crippen molar-refractivity contribution in [3.63, 3.8) is 0 Å². The molecule has 0 saturated carbocycles. The van der Waals surface area contributed by atoms with Crippen LogP contribution in [-0.4, -0.2) is 35.9 Å². The minimum Gasteiger partial charge on any atom is -0.349 e. The molecule has 1 amide bonds. The Hall–Kier alpha value is -3.07. The van der Waals surface area contributed by atoms with Gasteiger partial charge in [0.1, 0.15) is 0 Å². The van der Waals surface area contributed by atoms with Crippen molar-refractivity contribution < 1.29 is 4.79 Å². The molecule has 4 aromatic rings. The monoisotopic (exact) mass is 381 g/mol. The van der Waals surface area contributed by atoms with Crippen LogP contribution in [0, 0.1) is 13.8 Å². The van der Waals surface area contributed by atoms with Gasteiger partial charge >= 0.3 is 0 Å². The first-order valence-electron chi connectivity index (χ1n) is 8.63. The number of carbonyl (C=O) groups excluding carboxylic acids is 1. The standard InChI is InChI=1S/C18H19N7OS/c1-11-14(12(2)21-20-11)3-6-18(26)19-9-17-23-22-16-5-4-15(24-25(16)17)13-7-8-27-10-13/h4-5,7-8,10H,3,6,9H2,1-2H3,(H,19,26)(H,20,21). The molecule has 0 spiro atoms. The van der Waals surface area contributed by atoms with E-state index in [9.17, 15) is 4.79 Å². The molecular weight excluding hydrogens is 362 g/mol. The maximum absolute atomic E-state index is 12.2. The lowest BCUT2D eigenvalue weighted by Crippen LogP contribution is -2.24. The van der Waals surface area contributed by atoms with Gasteiger partial charge in [0.2, 0.25) is 5.91 Å². The van der Waals surface area contributed by atoms with Crippen molar-refractivity contribution in [1.29, 1.82) is 0 Å². The van der Waals surface area contributed by atoms with Crippen LogP contribution in [0.5, 0.6) is 0 Å². The summed E-state index contributed by atoms with van der Waals surface area (Å²) in [6.07, 6.45) is 1.05. The summed E-state index contributed by atoms with van der Waals surface area (Å²) in [5.41, 5.74) is 5.60. The van der Waals surface area contributed by atoms with Crippen molar-refractivity contribution in [1.82, 2.24) is 35.3 Å². The summed E-state index contributed by atoms with van der Waals surface area (Å²) < 4.78 is 1.68. The number of H-pyrrole nitrogens is 1. The SMILES string of the molecule is Cc1n[nH]c(C)c1CCC(=O)NCc1nnc2ccc(-c3ccsc3)nn12. The molecule has 0 radical (unpaired) electrons. The van der Waals surface area contributed by atoms with Crippen LogP contribution in [0.3, 0.4) is 0 Å². The fourth-order valence-electron chi connectivity index (χ4n) is 2.95. The zero-order chi connectivity index (χ0) is 18.8. The van der Waals surface area contributed by atoms with Crippen LogP contribution in [0.4, 0.5) is 0 Å². The van der Waals surface area contributed by atoms with Gasteiger partial charge in [-0.15, -0.1) is 10.2 Å². The Morgan fingerprint density at radius 3 is 2.89 bits per heavy atom. The summed E-state index contributed by atoms with van der Waals surface area (Å²) >= 11 is 1.62. The quantitative estimate of drug-likeness (QED) is 0.534. The average molecular weight is 381 g/mol. The van der Waals surface area contributed by atoms with Gasteiger partial charge in [-0.25, -0.2) is 0 Å². The number of rotatable bonds is 6. The summed E-state index contributed by atoms with van der Waals surface area (Å²) in [5, 5.41) is 26.9. The van der Waals surface area contributed by atoms with Crippen LogP contribution >= 0.6 is 11.3 Å². The first-order valence-corrected chi connectivity index (χ1v) is 9.57. The van der Waals surface area contributed by atoms with E-state index in [0.717, 1.165) is 28.2 Å². The minimum atomic E-state index is -0.0410. The number of aryl methyl sites for hydroxylation is 2. The molecule has 0 unspecified atom stereocenters. The molecule has 0 saturated heterocycles. The van der Waals surface area contributed by atoms with E-state index >= 15 is 0 Å². The second-order valence-corrected chi connectivity index (χ2v) is 7.09. The molecular formula is C18H19N7OS. The van der Waals surface area contributed by atoms with Crippen molar-refractivity contribution in [3.05, 3.63) is 51.7 Å². The second-order valence-electron chi connectivity index (χ2n) is 6.31. The summed E-state index contributed by atoms with van der Waals surface area (Å²) in [7, 11) is 0. The molecule has 0 atom stereocenters. The molecule has 0 fully saturated rings. The van der Waals surface area contributed by atoms with Gasteiger partial charge in [-0.05, 0) is 49.4 Å². The third-order valence-corrected chi connectivity index (χ3v) is 5.15. The van der Waals surface area contributed by atoms with Crippen LogP contribution in [0.15, 0.2) is 29.0 Å². The molecule has 0 bridgehead atoms. The molecule has 0 aliphatic rings. The van der Waals surface area contributed by atoms with E-state index in [0.29, 0.717) is 24.3 Å². The highest BCUT2D eigenvalue weighted by atomic mass is 32.1. The Kier molecular flexibility index (Phi) is 4.68. The average Bonchev–Trinajstić information content (AvgIpc) is 3.39. The largest absolute Gasteiger partial charge is 0.349 e. The Bertz CT molecular complexity index is 1060. The zero-order valence-electron chi connectivity index (χ0n) is 15.1. The normalized spacial score (nSPS) is 11.2. The van der Waals surface area contributed by atoms with Gasteiger partial charge in [0.15, 0.2) is 11.5 Å². The van der Waals surface area contributed by atoms with E-state index in [-0.39, 0.29) is 12.5 Å². The number of hydrogen-bond acceptors (Lipinski definition) is 6. The minimum absolute atomic E-state index is 0.0410. The number of thiophene rings is 1. The van der Waals surface area contributed by atoms with Crippen LogP contribution in [0.25, 0.3) is 16.9 Å². The topological polar surface area (TPSA) is 101 Å². The van der Waals surface area contributed by atoms with Crippen molar-refractivity contribution in [2.24, 2.45) is 0 Å². The third-order valence-electron chi connectivity index (χ3n) is 4.47. The molecule has 27 heavy (non-hydrogen) atoms. The van der Waals surface area contributed by atoms with Gasteiger partial charge in [0, 0.05) is 23.1 Å². The van der Waals surface area contributed by atoms with E-state index in [1.54, 1.807) is 15.9 Å². The van der Waals surface area contributed by atoms with Crippen LogP contribution in [-0.2, 0) is 17.8 Å². The van der Waals surface area contributed by atoms with Gasteiger partial charge in [0.05, 0.1) is 17.9 Å². The number of aromatic nitrogens is 6. The maximum atomic E-state index is 12.2. The first kappa shape index (κ1) is 17.3. The lowest BCUT2D eigenvalue weighted by atomic mass is 10.1. The number of amides is 1. The third kappa shape index (κ3) is 3.59. The van der Waals surface area contributed by atoms with Gasteiger partial charge < -0.3 is 5.32 Å². The Morgan fingerprint density at radius 2 is 2.15 bits per heavy atom. The Morgan fingerprint density at radius 1 is 1.26 bits per heavy atom. The molecule has 4 aromatic heterocycles. The summed E-state index contributed by atoms with van der Waals surface area (Å²) in [6.45, 7) is 4.19. The molecule has 4 heterocycles. The van der Waals surface area contributed by atoms with Crippen molar-refractivity contribution in [3.8, 4) is 11.3 Å². The van der Waals surface area contributed by atoms with E-state index in [1.807, 2.05) is 42.8 Å². The molecule has 0 aliphatic heterocycles. The highest BCUT2D eigenvalue weighted by molar-refractivity contribution is 7.08. The Balaban J connectivity index is 1.42. The van der Waals surface area contributed by atoms with Crippen LogP contribution in [0.1, 0.15) is 29.2 Å². The molecule has 9 heteroatoms. The fraction of sp³-hybridized carbons (Fsp3) is 0.278. The van der Waals surface area contributed by atoms with E-state index in [2.05, 4.69) is 30.8 Å². The highest BCUT2D eigenvalue weighted by Gasteiger charge is 2.12. The number of aromatic amines is 1. The molecule has 4 rings (SSSR count). The lowest BCUT2D eigenvalue weighted by molar-refractivity contribution is -0.121. The number of carbonyl (C=O) groups is 1.